The molecule has 11 aromatic rings. The van der Waals surface area contributed by atoms with Crippen molar-refractivity contribution in [1.82, 2.24) is 4.98 Å². The standard InChI is InChI=1S/C53H34N2OS/c1-4-15-36(16-5-1)44-31-30-43(33-46(44)40-25-24-35-14-10-11-19-39(35)32-40)55(41-20-8-3-9-21-41)42-28-26-37(27-29-42)50-51-45-22-12-13-23-48(45)57-49(51)34-47-52(50)54-53(56-47)38-17-6-2-7-18-38/h1-34H. The van der Waals surface area contributed by atoms with Crippen LogP contribution in [0.2, 0.25) is 0 Å². The summed E-state index contributed by atoms with van der Waals surface area (Å²) < 4.78 is 8.93. The molecule has 3 nitrogen and oxygen atoms in total. The molecule has 4 heteroatoms. The molecule has 2 heterocycles. The molecule has 0 saturated heterocycles. The van der Waals surface area contributed by atoms with Crippen LogP contribution in [-0.2, 0) is 0 Å². The smallest absolute Gasteiger partial charge is 0.227 e. The summed E-state index contributed by atoms with van der Waals surface area (Å²) in [5.41, 5.74) is 12.8. The predicted octanol–water partition coefficient (Wildman–Crippen LogP) is 15.5. The fourth-order valence-corrected chi connectivity index (χ4v) is 9.34. The molecule has 0 bridgehead atoms. The molecule has 0 saturated carbocycles. The molecule has 0 unspecified atom stereocenters. The van der Waals surface area contributed by atoms with Gasteiger partial charge in [0, 0.05) is 54.4 Å². The Morgan fingerprint density at radius 3 is 1.84 bits per heavy atom. The number of hydrogen-bond donors (Lipinski definition) is 0. The number of rotatable bonds is 7. The number of benzene rings is 9. The Morgan fingerprint density at radius 1 is 0.421 bits per heavy atom. The average Bonchev–Trinajstić information content (AvgIpc) is 3.88. The van der Waals surface area contributed by atoms with Crippen LogP contribution in [0.4, 0.5) is 17.1 Å². The molecular formula is C53H34N2OS. The van der Waals surface area contributed by atoms with Crippen molar-refractivity contribution in [3.63, 3.8) is 0 Å². The first-order valence-electron chi connectivity index (χ1n) is 19.2. The van der Waals surface area contributed by atoms with Crippen molar-refractivity contribution in [2.24, 2.45) is 0 Å². The number of thiophene rings is 1. The first-order chi connectivity index (χ1) is 28.2. The number of hydrogen-bond acceptors (Lipinski definition) is 4. The molecule has 0 amide bonds. The normalized spacial score (nSPS) is 11.5. The topological polar surface area (TPSA) is 29.3 Å². The number of nitrogens with zero attached hydrogens (tertiary/aromatic N) is 2. The number of oxazole rings is 1. The van der Waals surface area contributed by atoms with Crippen LogP contribution in [0.5, 0.6) is 0 Å². The van der Waals surface area contributed by atoms with Gasteiger partial charge < -0.3 is 9.32 Å². The lowest BCUT2D eigenvalue weighted by Crippen LogP contribution is -2.10. The summed E-state index contributed by atoms with van der Waals surface area (Å²) in [4.78, 5) is 7.52. The maximum atomic E-state index is 6.50. The zero-order chi connectivity index (χ0) is 37.7. The Kier molecular flexibility index (Phi) is 8.01. The van der Waals surface area contributed by atoms with E-state index in [1.807, 2.05) is 30.3 Å². The average molecular weight is 747 g/mol. The minimum Gasteiger partial charge on any atom is -0.436 e. The van der Waals surface area contributed by atoms with Gasteiger partial charge in [0.15, 0.2) is 5.58 Å². The zero-order valence-electron chi connectivity index (χ0n) is 30.8. The maximum Gasteiger partial charge on any atom is 0.227 e. The van der Waals surface area contributed by atoms with Gasteiger partial charge in [-0.2, -0.15) is 0 Å². The Balaban J connectivity index is 1.09. The minimum atomic E-state index is 0.627. The second kappa shape index (κ2) is 13.8. The molecule has 0 aliphatic carbocycles. The van der Waals surface area contributed by atoms with Crippen LogP contribution in [-0.4, -0.2) is 4.98 Å². The second-order valence-electron chi connectivity index (χ2n) is 14.3. The van der Waals surface area contributed by atoms with E-state index in [-0.39, 0.29) is 0 Å². The van der Waals surface area contributed by atoms with E-state index in [2.05, 4.69) is 181 Å². The first kappa shape index (κ1) is 33.1. The highest BCUT2D eigenvalue weighted by Crippen LogP contribution is 2.46. The van der Waals surface area contributed by atoms with Gasteiger partial charge in [-0.05, 0) is 99.3 Å². The van der Waals surface area contributed by atoms with E-state index in [1.165, 1.54) is 53.2 Å². The van der Waals surface area contributed by atoms with Crippen LogP contribution in [0.1, 0.15) is 0 Å². The molecule has 0 spiro atoms. The Hall–Kier alpha value is -7.27. The molecule has 0 aliphatic rings. The summed E-state index contributed by atoms with van der Waals surface area (Å²) >= 11 is 1.80. The molecule has 57 heavy (non-hydrogen) atoms. The van der Waals surface area contributed by atoms with Crippen LogP contribution in [0.25, 0.3) is 86.9 Å². The van der Waals surface area contributed by atoms with Crippen molar-refractivity contribution in [2.75, 3.05) is 4.90 Å². The SMILES string of the molecule is c1ccc(-c2nc3c(-c4ccc(N(c5ccccc5)c5ccc(-c6ccccc6)c(-c6ccc7ccccc7c6)c5)cc4)c4c(cc3o2)sc2ccccc24)cc1. The van der Waals surface area contributed by atoms with Crippen molar-refractivity contribution in [1.29, 1.82) is 0 Å². The lowest BCUT2D eigenvalue weighted by Gasteiger charge is -2.27. The third-order valence-corrected chi connectivity index (χ3v) is 12.0. The summed E-state index contributed by atoms with van der Waals surface area (Å²) in [5.74, 6) is 0.627. The molecule has 0 aliphatic heterocycles. The van der Waals surface area contributed by atoms with Crippen molar-refractivity contribution in [3.8, 4) is 44.8 Å². The van der Waals surface area contributed by atoms with Gasteiger partial charge in [-0.1, -0.05) is 140 Å². The van der Waals surface area contributed by atoms with E-state index in [0.29, 0.717) is 5.89 Å². The summed E-state index contributed by atoms with van der Waals surface area (Å²) in [5, 5.41) is 4.89. The van der Waals surface area contributed by atoms with Crippen molar-refractivity contribution < 1.29 is 4.42 Å². The predicted molar refractivity (Wildman–Crippen MR) is 241 cm³/mol. The summed E-state index contributed by atoms with van der Waals surface area (Å²) in [6, 6.07) is 73.5. The van der Waals surface area contributed by atoms with E-state index in [4.69, 9.17) is 9.40 Å². The van der Waals surface area contributed by atoms with Crippen LogP contribution in [0, 0.1) is 0 Å². The molecule has 0 radical (unpaired) electrons. The largest absolute Gasteiger partial charge is 0.436 e. The summed E-state index contributed by atoms with van der Waals surface area (Å²) in [6.07, 6.45) is 0. The molecule has 0 N–H and O–H groups in total. The maximum absolute atomic E-state index is 6.50. The molecule has 9 aromatic carbocycles. The van der Waals surface area contributed by atoms with Gasteiger partial charge in [0.2, 0.25) is 5.89 Å². The minimum absolute atomic E-state index is 0.627. The van der Waals surface area contributed by atoms with E-state index in [0.717, 1.165) is 44.9 Å². The number of aromatic nitrogens is 1. The molecule has 268 valence electrons. The fourth-order valence-electron chi connectivity index (χ4n) is 8.19. The Labute approximate surface area is 334 Å². The molecule has 0 fully saturated rings. The van der Waals surface area contributed by atoms with Gasteiger partial charge in [-0.3, -0.25) is 0 Å². The van der Waals surface area contributed by atoms with E-state index in [1.54, 1.807) is 11.3 Å². The second-order valence-corrected chi connectivity index (χ2v) is 15.4. The van der Waals surface area contributed by atoms with Crippen LogP contribution < -0.4 is 4.90 Å². The van der Waals surface area contributed by atoms with Gasteiger partial charge >= 0.3 is 0 Å². The van der Waals surface area contributed by atoms with Crippen molar-refractivity contribution in [3.05, 3.63) is 206 Å². The summed E-state index contributed by atoms with van der Waals surface area (Å²) in [7, 11) is 0. The Morgan fingerprint density at radius 2 is 1.05 bits per heavy atom. The van der Waals surface area contributed by atoms with Crippen LogP contribution in [0.15, 0.2) is 211 Å². The molecular weight excluding hydrogens is 713 g/mol. The third-order valence-electron chi connectivity index (χ3n) is 10.9. The summed E-state index contributed by atoms with van der Waals surface area (Å²) in [6.45, 7) is 0. The highest BCUT2D eigenvalue weighted by atomic mass is 32.1. The molecule has 2 aromatic heterocycles. The first-order valence-corrected chi connectivity index (χ1v) is 20.0. The lowest BCUT2D eigenvalue weighted by atomic mass is 9.92. The quantitative estimate of drug-likeness (QED) is 0.163. The van der Waals surface area contributed by atoms with Crippen molar-refractivity contribution in [2.45, 2.75) is 0 Å². The Bertz CT molecular complexity index is 3220. The third kappa shape index (κ3) is 5.86. The monoisotopic (exact) mass is 746 g/mol. The van der Waals surface area contributed by atoms with Gasteiger partial charge in [0.25, 0.3) is 0 Å². The zero-order valence-corrected chi connectivity index (χ0v) is 31.7. The van der Waals surface area contributed by atoms with Gasteiger partial charge in [-0.15, -0.1) is 11.3 Å². The van der Waals surface area contributed by atoms with E-state index >= 15 is 0 Å². The number of anilines is 3. The van der Waals surface area contributed by atoms with Gasteiger partial charge in [0.1, 0.15) is 5.52 Å². The van der Waals surface area contributed by atoms with Gasteiger partial charge in [-0.25, -0.2) is 4.98 Å². The lowest BCUT2D eigenvalue weighted by molar-refractivity contribution is 0.620. The number of fused-ring (bicyclic) bond motifs is 5. The van der Waals surface area contributed by atoms with E-state index < -0.39 is 0 Å². The fraction of sp³-hybridized carbons (Fsp3) is 0. The van der Waals surface area contributed by atoms with E-state index in [9.17, 15) is 0 Å². The highest BCUT2D eigenvalue weighted by molar-refractivity contribution is 7.26. The van der Waals surface area contributed by atoms with Crippen LogP contribution >= 0.6 is 11.3 Å². The van der Waals surface area contributed by atoms with Crippen molar-refractivity contribution >= 4 is 70.4 Å². The molecule has 0 atom stereocenters. The van der Waals surface area contributed by atoms with Crippen LogP contribution in [0.3, 0.4) is 0 Å². The molecule has 11 rings (SSSR count). The number of para-hydroxylation sites is 1. The highest BCUT2D eigenvalue weighted by Gasteiger charge is 2.22. The van der Waals surface area contributed by atoms with Gasteiger partial charge in [0.05, 0.1) is 0 Å².